The van der Waals surface area contributed by atoms with E-state index < -0.39 is 5.97 Å². The molecule has 0 bridgehead atoms. The standard InChI is InChI=1S/C12H10BrClN2O2/c1-2-18-12(17)11-10(13)7-16(15-11)9-5-3-4-8(14)6-9/h3-7H,2H2,1H3. The summed E-state index contributed by atoms with van der Waals surface area (Å²) in [5.41, 5.74) is 1.02. The molecule has 0 saturated heterocycles. The van der Waals surface area contributed by atoms with Gasteiger partial charge >= 0.3 is 5.97 Å². The van der Waals surface area contributed by atoms with Crippen molar-refractivity contribution < 1.29 is 9.53 Å². The molecule has 0 N–H and O–H groups in total. The molecule has 0 aliphatic heterocycles. The largest absolute Gasteiger partial charge is 0.461 e. The fourth-order valence-corrected chi connectivity index (χ4v) is 2.06. The zero-order chi connectivity index (χ0) is 13.1. The number of carbonyl (C=O) groups excluding carboxylic acids is 1. The predicted molar refractivity (Wildman–Crippen MR) is 72.2 cm³/mol. The highest BCUT2D eigenvalue weighted by Gasteiger charge is 2.16. The third-order valence-electron chi connectivity index (χ3n) is 2.21. The van der Waals surface area contributed by atoms with Crippen LogP contribution >= 0.6 is 27.5 Å². The Morgan fingerprint density at radius 1 is 1.56 bits per heavy atom. The zero-order valence-electron chi connectivity index (χ0n) is 9.56. The molecule has 0 saturated carbocycles. The minimum atomic E-state index is -0.454. The lowest BCUT2D eigenvalue weighted by Gasteiger charge is -2.01. The lowest BCUT2D eigenvalue weighted by atomic mass is 10.3. The summed E-state index contributed by atoms with van der Waals surface area (Å²) in [4.78, 5) is 11.6. The van der Waals surface area contributed by atoms with Gasteiger partial charge in [-0.25, -0.2) is 9.48 Å². The Kier molecular flexibility index (Phi) is 4.04. The number of carbonyl (C=O) groups is 1. The van der Waals surface area contributed by atoms with Gasteiger partial charge in [-0.3, -0.25) is 0 Å². The molecule has 0 amide bonds. The quantitative estimate of drug-likeness (QED) is 0.810. The maximum absolute atomic E-state index is 11.6. The molecule has 6 heteroatoms. The molecule has 4 nitrogen and oxygen atoms in total. The van der Waals surface area contributed by atoms with Gasteiger partial charge in [-0.1, -0.05) is 17.7 Å². The lowest BCUT2D eigenvalue weighted by Crippen LogP contribution is -2.07. The summed E-state index contributed by atoms with van der Waals surface area (Å²) in [6.45, 7) is 2.06. The maximum atomic E-state index is 11.6. The molecule has 0 radical (unpaired) electrons. The fourth-order valence-electron chi connectivity index (χ4n) is 1.44. The Balaban J connectivity index is 2.37. The Bertz CT molecular complexity index is 583. The van der Waals surface area contributed by atoms with Crippen LogP contribution in [0.15, 0.2) is 34.9 Å². The van der Waals surface area contributed by atoms with E-state index in [9.17, 15) is 4.79 Å². The van der Waals surface area contributed by atoms with Crippen LogP contribution in [-0.2, 0) is 4.74 Å². The molecule has 0 atom stereocenters. The first-order chi connectivity index (χ1) is 8.61. The highest BCUT2D eigenvalue weighted by atomic mass is 79.9. The Hall–Kier alpha value is -1.33. The van der Waals surface area contributed by atoms with Gasteiger partial charge in [0, 0.05) is 11.2 Å². The normalized spacial score (nSPS) is 10.4. The summed E-state index contributed by atoms with van der Waals surface area (Å²) in [6, 6.07) is 7.20. The molecule has 1 heterocycles. The number of aromatic nitrogens is 2. The van der Waals surface area contributed by atoms with Crippen LogP contribution < -0.4 is 0 Å². The molecule has 0 unspecified atom stereocenters. The van der Waals surface area contributed by atoms with Gasteiger partial charge in [0.05, 0.1) is 16.8 Å². The summed E-state index contributed by atoms with van der Waals surface area (Å²) in [5.74, 6) is -0.454. The number of nitrogens with zero attached hydrogens (tertiary/aromatic N) is 2. The number of halogens is 2. The molecule has 1 aromatic carbocycles. The fraction of sp³-hybridized carbons (Fsp3) is 0.167. The number of ether oxygens (including phenoxy) is 1. The third kappa shape index (κ3) is 2.73. The second-order valence-electron chi connectivity index (χ2n) is 3.47. The van der Waals surface area contributed by atoms with Crippen LogP contribution in [0.1, 0.15) is 17.4 Å². The summed E-state index contributed by atoms with van der Waals surface area (Å²) in [5, 5.41) is 4.78. The van der Waals surface area contributed by atoms with Crippen molar-refractivity contribution in [2.24, 2.45) is 0 Å². The second kappa shape index (κ2) is 5.54. The number of rotatable bonds is 3. The molecular formula is C12H10BrClN2O2. The van der Waals surface area contributed by atoms with Crippen LogP contribution in [-0.4, -0.2) is 22.4 Å². The molecule has 0 spiro atoms. The van der Waals surface area contributed by atoms with Crippen molar-refractivity contribution in [2.45, 2.75) is 6.92 Å². The average molecular weight is 330 g/mol. The van der Waals surface area contributed by atoms with Crippen LogP contribution in [0.3, 0.4) is 0 Å². The number of benzene rings is 1. The van der Waals surface area contributed by atoms with Crippen LogP contribution in [0.2, 0.25) is 5.02 Å². The Labute approximate surface area is 118 Å². The SMILES string of the molecule is CCOC(=O)c1nn(-c2cccc(Cl)c2)cc1Br. The average Bonchev–Trinajstić information content (AvgIpc) is 2.72. The van der Waals surface area contributed by atoms with Gasteiger partial charge in [-0.2, -0.15) is 5.10 Å². The van der Waals surface area contributed by atoms with Crippen molar-refractivity contribution in [3.05, 3.63) is 45.7 Å². The Morgan fingerprint density at radius 2 is 2.33 bits per heavy atom. The first-order valence-electron chi connectivity index (χ1n) is 5.30. The monoisotopic (exact) mass is 328 g/mol. The number of hydrogen-bond donors (Lipinski definition) is 0. The maximum Gasteiger partial charge on any atom is 0.360 e. The first kappa shape index (κ1) is 13.1. The molecule has 2 aromatic rings. The molecule has 18 heavy (non-hydrogen) atoms. The van der Waals surface area contributed by atoms with Crippen molar-refractivity contribution in [3.8, 4) is 5.69 Å². The minimum absolute atomic E-state index is 0.247. The van der Waals surface area contributed by atoms with Gasteiger partial charge in [0.1, 0.15) is 0 Å². The van der Waals surface area contributed by atoms with E-state index in [-0.39, 0.29) is 5.69 Å². The van der Waals surface area contributed by atoms with Crippen LogP contribution in [0, 0.1) is 0 Å². The second-order valence-corrected chi connectivity index (χ2v) is 4.76. The molecule has 0 fully saturated rings. The molecular weight excluding hydrogens is 320 g/mol. The summed E-state index contributed by atoms with van der Waals surface area (Å²) in [7, 11) is 0. The van der Waals surface area contributed by atoms with E-state index in [2.05, 4.69) is 21.0 Å². The van der Waals surface area contributed by atoms with Crippen molar-refractivity contribution in [1.82, 2.24) is 9.78 Å². The van der Waals surface area contributed by atoms with Gasteiger partial charge in [-0.05, 0) is 41.1 Å². The third-order valence-corrected chi connectivity index (χ3v) is 3.03. The smallest absolute Gasteiger partial charge is 0.360 e. The number of esters is 1. The van der Waals surface area contributed by atoms with E-state index in [1.165, 1.54) is 0 Å². The van der Waals surface area contributed by atoms with Gasteiger partial charge in [0.2, 0.25) is 0 Å². The topological polar surface area (TPSA) is 44.1 Å². The Morgan fingerprint density at radius 3 is 3.00 bits per heavy atom. The summed E-state index contributed by atoms with van der Waals surface area (Å²) >= 11 is 9.20. The van der Waals surface area contributed by atoms with E-state index in [0.717, 1.165) is 5.69 Å². The molecule has 1 aromatic heterocycles. The predicted octanol–water partition coefficient (Wildman–Crippen LogP) is 3.46. The van der Waals surface area contributed by atoms with Crippen molar-refractivity contribution >= 4 is 33.5 Å². The summed E-state index contributed by atoms with van der Waals surface area (Å²) < 4.78 is 7.07. The zero-order valence-corrected chi connectivity index (χ0v) is 11.9. The van der Waals surface area contributed by atoms with Crippen LogP contribution in [0.25, 0.3) is 5.69 Å². The van der Waals surface area contributed by atoms with Crippen molar-refractivity contribution in [3.63, 3.8) is 0 Å². The van der Waals surface area contributed by atoms with E-state index in [1.54, 1.807) is 29.9 Å². The minimum Gasteiger partial charge on any atom is -0.461 e. The van der Waals surface area contributed by atoms with E-state index in [0.29, 0.717) is 16.1 Å². The highest BCUT2D eigenvalue weighted by molar-refractivity contribution is 9.10. The first-order valence-corrected chi connectivity index (χ1v) is 6.47. The van der Waals surface area contributed by atoms with Crippen LogP contribution in [0.4, 0.5) is 0 Å². The van der Waals surface area contributed by atoms with E-state index in [4.69, 9.17) is 16.3 Å². The molecule has 0 aliphatic rings. The van der Waals surface area contributed by atoms with Crippen LogP contribution in [0.5, 0.6) is 0 Å². The molecule has 0 aliphatic carbocycles. The van der Waals surface area contributed by atoms with E-state index >= 15 is 0 Å². The summed E-state index contributed by atoms with van der Waals surface area (Å²) in [6.07, 6.45) is 1.69. The van der Waals surface area contributed by atoms with E-state index in [1.807, 2.05) is 12.1 Å². The molecule has 2 rings (SSSR count). The van der Waals surface area contributed by atoms with Crippen molar-refractivity contribution in [1.29, 1.82) is 0 Å². The van der Waals surface area contributed by atoms with Gasteiger partial charge < -0.3 is 4.74 Å². The lowest BCUT2D eigenvalue weighted by molar-refractivity contribution is 0.0518. The highest BCUT2D eigenvalue weighted by Crippen LogP contribution is 2.20. The van der Waals surface area contributed by atoms with Gasteiger partial charge in [0.25, 0.3) is 0 Å². The van der Waals surface area contributed by atoms with Crippen molar-refractivity contribution in [2.75, 3.05) is 6.61 Å². The van der Waals surface area contributed by atoms with Gasteiger partial charge in [0.15, 0.2) is 5.69 Å². The van der Waals surface area contributed by atoms with Gasteiger partial charge in [-0.15, -0.1) is 0 Å². The molecule has 94 valence electrons. The number of hydrogen-bond acceptors (Lipinski definition) is 3.